The largest absolute Gasteiger partial charge is 0.376 e. The van der Waals surface area contributed by atoms with Gasteiger partial charge in [-0.3, -0.25) is 0 Å². The molecule has 7 nitrogen and oxygen atoms in total. The van der Waals surface area contributed by atoms with Crippen molar-refractivity contribution < 1.29 is 4.74 Å². The summed E-state index contributed by atoms with van der Waals surface area (Å²) in [7, 11) is 1.94. The molecule has 3 rings (SSSR count). The summed E-state index contributed by atoms with van der Waals surface area (Å²) in [6.07, 6.45) is 2.41. The fourth-order valence-electron chi connectivity index (χ4n) is 3.02. The van der Waals surface area contributed by atoms with Crippen molar-refractivity contribution in [2.75, 3.05) is 13.2 Å². The quantitative estimate of drug-likeness (QED) is 0.348. The molecule has 2 unspecified atom stereocenters. The topological polar surface area (TPSA) is 76.4 Å². The van der Waals surface area contributed by atoms with Crippen molar-refractivity contribution >= 4 is 41.5 Å². The number of hydrogen-bond acceptors (Lipinski definition) is 4. The minimum absolute atomic E-state index is 0. The van der Waals surface area contributed by atoms with Crippen molar-refractivity contribution in [2.45, 2.75) is 45.4 Å². The molecule has 0 bridgehead atoms. The molecule has 0 radical (unpaired) electrons. The van der Waals surface area contributed by atoms with Gasteiger partial charge in [0.2, 0.25) is 0 Å². The smallest absolute Gasteiger partial charge is 0.192 e. The van der Waals surface area contributed by atoms with Crippen LogP contribution in [0.1, 0.15) is 43.0 Å². The van der Waals surface area contributed by atoms with Crippen LogP contribution in [0.5, 0.6) is 0 Å². The van der Waals surface area contributed by atoms with Gasteiger partial charge >= 0.3 is 0 Å². The van der Waals surface area contributed by atoms with Crippen LogP contribution in [0, 0.1) is 6.92 Å². The molecule has 1 fully saturated rings. The molecule has 0 spiro atoms. The Morgan fingerprint density at radius 1 is 1.39 bits per heavy atom. The minimum Gasteiger partial charge on any atom is -0.376 e. The Morgan fingerprint density at radius 3 is 2.82 bits per heavy atom. The lowest BCUT2D eigenvalue weighted by atomic mass is 10.1. The predicted molar refractivity (Wildman–Crippen MR) is 122 cm³/mol. The average Bonchev–Trinajstić information content (AvgIpc) is 3.29. The molecule has 1 aromatic heterocycles. The standard InChI is InChI=1S/C19H27ClN6O.HI/c1-13(16-8-4-5-9-17(16)20)23-19(21-11-15-7-6-10-27-15)22-12-18-25-24-14(2)26(18)3;/h4-5,8-9,13,15H,6-7,10-12H2,1-3H3,(H2,21,22,23);1H. The third-order valence-corrected chi connectivity index (χ3v) is 5.15. The molecular formula is C19H28ClIN6O. The third kappa shape index (κ3) is 6.05. The van der Waals surface area contributed by atoms with E-state index in [9.17, 15) is 0 Å². The SMILES string of the molecule is Cc1nnc(CN=C(NCC2CCCO2)NC(C)c2ccccc2Cl)n1C.I. The second-order valence-electron chi connectivity index (χ2n) is 6.79. The highest BCUT2D eigenvalue weighted by Crippen LogP contribution is 2.22. The number of aliphatic imine (C=N–C) groups is 1. The van der Waals surface area contributed by atoms with Crippen LogP contribution in [0.15, 0.2) is 29.3 Å². The van der Waals surface area contributed by atoms with Crippen LogP contribution in [0.4, 0.5) is 0 Å². The summed E-state index contributed by atoms with van der Waals surface area (Å²) in [6.45, 7) is 5.98. The zero-order valence-electron chi connectivity index (χ0n) is 16.5. The summed E-state index contributed by atoms with van der Waals surface area (Å²) < 4.78 is 7.65. The number of nitrogens with one attached hydrogen (secondary N) is 2. The van der Waals surface area contributed by atoms with Crippen LogP contribution in [0.25, 0.3) is 0 Å². The fourth-order valence-corrected chi connectivity index (χ4v) is 3.32. The van der Waals surface area contributed by atoms with Crippen LogP contribution in [-0.2, 0) is 18.3 Å². The molecule has 1 aliphatic rings. The van der Waals surface area contributed by atoms with E-state index in [-0.39, 0.29) is 36.1 Å². The molecule has 154 valence electrons. The molecule has 9 heteroatoms. The van der Waals surface area contributed by atoms with E-state index in [1.54, 1.807) is 0 Å². The summed E-state index contributed by atoms with van der Waals surface area (Å²) in [5, 5.41) is 15.8. The number of aryl methyl sites for hydroxylation is 1. The molecule has 28 heavy (non-hydrogen) atoms. The summed E-state index contributed by atoms with van der Waals surface area (Å²) in [4.78, 5) is 4.70. The lowest BCUT2D eigenvalue weighted by Gasteiger charge is -2.21. The Labute approximate surface area is 188 Å². The van der Waals surface area contributed by atoms with Crippen LogP contribution in [0.2, 0.25) is 5.02 Å². The van der Waals surface area contributed by atoms with Crippen LogP contribution < -0.4 is 10.6 Å². The number of rotatable bonds is 6. The second-order valence-corrected chi connectivity index (χ2v) is 7.20. The first-order valence-electron chi connectivity index (χ1n) is 9.30. The number of guanidine groups is 1. The average molecular weight is 519 g/mol. The molecule has 1 aliphatic heterocycles. The Kier molecular flexibility index (Phi) is 8.97. The highest BCUT2D eigenvalue weighted by Gasteiger charge is 2.17. The van der Waals surface area contributed by atoms with Crippen LogP contribution in [-0.4, -0.2) is 40.0 Å². The van der Waals surface area contributed by atoms with E-state index in [0.29, 0.717) is 12.5 Å². The molecule has 2 atom stereocenters. The van der Waals surface area contributed by atoms with E-state index < -0.39 is 0 Å². The van der Waals surface area contributed by atoms with Gasteiger partial charge in [-0.15, -0.1) is 34.2 Å². The van der Waals surface area contributed by atoms with E-state index >= 15 is 0 Å². The normalized spacial score (nSPS) is 17.9. The van der Waals surface area contributed by atoms with E-state index in [0.717, 1.165) is 48.2 Å². The lowest BCUT2D eigenvalue weighted by Crippen LogP contribution is -2.42. The number of halogens is 2. The van der Waals surface area contributed by atoms with E-state index in [1.165, 1.54) is 0 Å². The van der Waals surface area contributed by atoms with Gasteiger partial charge in [0.15, 0.2) is 11.8 Å². The van der Waals surface area contributed by atoms with Crippen molar-refractivity contribution in [1.82, 2.24) is 25.4 Å². The second kappa shape index (κ2) is 11.0. The minimum atomic E-state index is 0. The molecule has 1 aromatic carbocycles. The van der Waals surface area contributed by atoms with Gasteiger partial charge in [0.05, 0.1) is 12.1 Å². The summed E-state index contributed by atoms with van der Waals surface area (Å²) in [6, 6.07) is 7.84. The molecule has 1 saturated heterocycles. The van der Waals surface area contributed by atoms with Gasteiger partial charge in [-0.2, -0.15) is 0 Å². The molecular weight excluding hydrogens is 491 g/mol. The molecule has 0 amide bonds. The van der Waals surface area contributed by atoms with Crippen molar-refractivity contribution in [1.29, 1.82) is 0 Å². The number of benzene rings is 1. The summed E-state index contributed by atoms with van der Waals surface area (Å²) in [5.41, 5.74) is 1.03. The van der Waals surface area contributed by atoms with Gasteiger partial charge in [0.25, 0.3) is 0 Å². The Hall–Kier alpha value is -1.39. The zero-order chi connectivity index (χ0) is 19.2. The first kappa shape index (κ1) is 22.9. The van der Waals surface area contributed by atoms with E-state index in [2.05, 4.69) is 27.8 Å². The van der Waals surface area contributed by atoms with Crippen LogP contribution in [0.3, 0.4) is 0 Å². The van der Waals surface area contributed by atoms with Crippen molar-refractivity contribution in [3.8, 4) is 0 Å². The molecule has 2 N–H and O–H groups in total. The highest BCUT2D eigenvalue weighted by atomic mass is 127. The van der Waals surface area contributed by atoms with Crippen LogP contribution >= 0.6 is 35.6 Å². The Morgan fingerprint density at radius 2 is 2.18 bits per heavy atom. The van der Waals surface area contributed by atoms with E-state index in [4.69, 9.17) is 21.3 Å². The maximum absolute atomic E-state index is 6.34. The van der Waals surface area contributed by atoms with Crippen molar-refractivity contribution in [3.63, 3.8) is 0 Å². The number of nitrogens with zero attached hydrogens (tertiary/aromatic N) is 4. The van der Waals surface area contributed by atoms with Gasteiger partial charge in [0.1, 0.15) is 12.4 Å². The van der Waals surface area contributed by atoms with Crippen molar-refractivity contribution in [2.24, 2.45) is 12.0 Å². The summed E-state index contributed by atoms with van der Waals surface area (Å²) in [5.74, 6) is 2.39. The fraction of sp³-hybridized carbons (Fsp3) is 0.526. The van der Waals surface area contributed by atoms with Gasteiger partial charge in [-0.1, -0.05) is 29.8 Å². The molecule has 2 heterocycles. The number of aromatic nitrogens is 3. The maximum atomic E-state index is 6.34. The third-order valence-electron chi connectivity index (χ3n) is 4.81. The Balaban J connectivity index is 0.00000280. The Bertz CT molecular complexity index is 790. The first-order chi connectivity index (χ1) is 13.0. The van der Waals surface area contributed by atoms with Gasteiger partial charge in [-0.05, 0) is 38.3 Å². The zero-order valence-corrected chi connectivity index (χ0v) is 19.6. The van der Waals surface area contributed by atoms with E-state index in [1.807, 2.05) is 42.8 Å². The predicted octanol–water partition coefficient (Wildman–Crippen LogP) is 3.37. The molecule has 2 aromatic rings. The molecule has 0 saturated carbocycles. The van der Waals surface area contributed by atoms with Gasteiger partial charge in [0, 0.05) is 25.2 Å². The van der Waals surface area contributed by atoms with Gasteiger partial charge < -0.3 is 19.9 Å². The monoisotopic (exact) mass is 518 g/mol. The number of ether oxygens (including phenoxy) is 1. The number of hydrogen-bond donors (Lipinski definition) is 2. The molecule has 0 aliphatic carbocycles. The first-order valence-corrected chi connectivity index (χ1v) is 9.68. The highest BCUT2D eigenvalue weighted by molar-refractivity contribution is 14.0. The summed E-state index contributed by atoms with van der Waals surface area (Å²) >= 11 is 6.34. The van der Waals surface area contributed by atoms with Gasteiger partial charge in [-0.25, -0.2) is 4.99 Å². The van der Waals surface area contributed by atoms with Crippen molar-refractivity contribution in [3.05, 3.63) is 46.5 Å². The lowest BCUT2D eigenvalue weighted by molar-refractivity contribution is 0.113. The maximum Gasteiger partial charge on any atom is 0.192 e.